The molecule has 0 amide bonds. The molecule has 3 heteroatoms. The maximum absolute atomic E-state index is 5.68. The average molecular weight is 277 g/mol. The number of hydrogen-bond donors (Lipinski definition) is 1. The molecule has 3 nitrogen and oxygen atoms in total. The summed E-state index contributed by atoms with van der Waals surface area (Å²) in [6, 6.07) is 8.89. The third-order valence-corrected chi connectivity index (χ3v) is 4.13. The lowest BCUT2D eigenvalue weighted by Gasteiger charge is -2.17. The Morgan fingerprint density at radius 2 is 2.35 bits per heavy atom. The van der Waals surface area contributed by atoms with Crippen LogP contribution in [-0.2, 0) is 11.2 Å². The minimum Gasteiger partial charge on any atom is -0.497 e. The Morgan fingerprint density at radius 1 is 1.45 bits per heavy atom. The molecule has 1 fully saturated rings. The van der Waals surface area contributed by atoms with Crippen molar-refractivity contribution in [2.75, 3.05) is 20.8 Å². The van der Waals surface area contributed by atoms with Gasteiger partial charge in [0.1, 0.15) is 5.75 Å². The van der Waals surface area contributed by atoms with Crippen molar-refractivity contribution in [3.05, 3.63) is 29.8 Å². The van der Waals surface area contributed by atoms with E-state index < -0.39 is 0 Å². The van der Waals surface area contributed by atoms with Crippen LogP contribution in [0.2, 0.25) is 0 Å². The van der Waals surface area contributed by atoms with E-state index in [2.05, 4.69) is 30.6 Å². The van der Waals surface area contributed by atoms with E-state index in [1.165, 1.54) is 37.7 Å². The van der Waals surface area contributed by atoms with E-state index >= 15 is 0 Å². The Hall–Kier alpha value is -1.06. The van der Waals surface area contributed by atoms with Crippen LogP contribution in [-0.4, -0.2) is 32.9 Å². The summed E-state index contributed by atoms with van der Waals surface area (Å²) in [5.74, 6) is 0.941. The first-order valence-electron chi connectivity index (χ1n) is 7.73. The van der Waals surface area contributed by atoms with Crippen molar-refractivity contribution in [2.24, 2.45) is 0 Å². The molecule has 2 atom stereocenters. The molecule has 1 saturated heterocycles. The second kappa shape index (κ2) is 8.28. The molecule has 1 aliphatic rings. The fraction of sp³-hybridized carbons (Fsp3) is 0.647. The van der Waals surface area contributed by atoms with Crippen LogP contribution in [0.15, 0.2) is 24.3 Å². The van der Waals surface area contributed by atoms with E-state index in [1.54, 1.807) is 7.11 Å². The molecule has 0 aromatic heterocycles. The van der Waals surface area contributed by atoms with E-state index in [-0.39, 0.29) is 0 Å². The highest BCUT2D eigenvalue weighted by Crippen LogP contribution is 2.20. The molecule has 2 rings (SSSR count). The number of likely N-dealkylation sites (N-methyl/N-ethyl adjacent to an activating group) is 1. The third-order valence-electron chi connectivity index (χ3n) is 4.13. The monoisotopic (exact) mass is 277 g/mol. The van der Waals surface area contributed by atoms with Gasteiger partial charge in [0.25, 0.3) is 0 Å². The molecule has 112 valence electrons. The lowest BCUT2D eigenvalue weighted by Crippen LogP contribution is -2.27. The first-order valence-corrected chi connectivity index (χ1v) is 7.73. The second-order valence-corrected chi connectivity index (χ2v) is 5.61. The number of nitrogens with one attached hydrogen (secondary N) is 1. The Kier molecular flexibility index (Phi) is 6.34. The summed E-state index contributed by atoms with van der Waals surface area (Å²) in [7, 11) is 3.77. The van der Waals surface area contributed by atoms with Crippen molar-refractivity contribution in [3.63, 3.8) is 0 Å². The third kappa shape index (κ3) is 4.80. The lowest BCUT2D eigenvalue weighted by atomic mass is 9.99. The van der Waals surface area contributed by atoms with E-state index in [4.69, 9.17) is 9.47 Å². The van der Waals surface area contributed by atoms with E-state index in [0.717, 1.165) is 18.8 Å². The Morgan fingerprint density at radius 3 is 3.05 bits per heavy atom. The topological polar surface area (TPSA) is 30.5 Å². The molecule has 1 N–H and O–H groups in total. The minimum absolute atomic E-state index is 0.518. The van der Waals surface area contributed by atoms with Gasteiger partial charge in [0.15, 0.2) is 0 Å². The van der Waals surface area contributed by atoms with Gasteiger partial charge >= 0.3 is 0 Å². The molecule has 0 bridgehead atoms. The maximum Gasteiger partial charge on any atom is 0.119 e. The highest BCUT2D eigenvalue weighted by Gasteiger charge is 2.16. The zero-order chi connectivity index (χ0) is 14.2. The van der Waals surface area contributed by atoms with Crippen LogP contribution in [0.3, 0.4) is 0 Å². The predicted octanol–water partition coefficient (Wildman–Crippen LogP) is 3.18. The molecular formula is C17H27NO2. The molecule has 0 saturated carbocycles. The molecular weight excluding hydrogens is 250 g/mol. The first kappa shape index (κ1) is 15.3. The van der Waals surface area contributed by atoms with Crippen LogP contribution in [0.4, 0.5) is 0 Å². The maximum atomic E-state index is 5.68. The minimum atomic E-state index is 0.518. The second-order valence-electron chi connectivity index (χ2n) is 5.61. The van der Waals surface area contributed by atoms with Gasteiger partial charge in [0, 0.05) is 12.6 Å². The van der Waals surface area contributed by atoms with Gasteiger partial charge in [-0.05, 0) is 63.3 Å². The number of hydrogen-bond acceptors (Lipinski definition) is 3. The Labute approximate surface area is 122 Å². The standard InChI is InChI=1S/C17H27NO2/c1-18-15(7-4-8-16-10-5-11-20-16)12-14-6-3-9-17(13-14)19-2/h3,6,9,13,15-16,18H,4-5,7-8,10-12H2,1-2H3. The van der Waals surface area contributed by atoms with Crippen LogP contribution < -0.4 is 10.1 Å². The highest BCUT2D eigenvalue weighted by molar-refractivity contribution is 5.28. The van der Waals surface area contributed by atoms with Gasteiger partial charge in [-0.15, -0.1) is 0 Å². The molecule has 1 heterocycles. The van der Waals surface area contributed by atoms with Crippen LogP contribution in [0.1, 0.15) is 37.7 Å². The van der Waals surface area contributed by atoms with Crippen molar-refractivity contribution in [1.29, 1.82) is 0 Å². The van der Waals surface area contributed by atoms with Crippen molar-refractivity contribution in [3.8, 4) is 5.75 Å². The molecule has 1 aromatic rings. The highest BCUT2D eigenvalue weighted by atomic mass is 16.5. The summed E-state index contributed by atoms with van der Waals surface area (Å²) >= 11 is 0. The van der Waals surface area contributed by atoms with Crippen LogP contribution in [0, 0.1) is 0 Å². The lowest BCUT2D eigenvalue weighted by molar-refractivity contribution is 0.101. The van der Waals surface area contributed by atoms with Crippen molar-refractivity contribution >= 4 is 0 Å². The van der Waals surface area contributed by atoms with Gasteiger partial charge in [0.2, 0.25) is 0 Å². The summed E-state index contributed by atoms with van der Waals surface area (Å²) in [4.78, 5) is 0. The van der Waals surface area contributed by atoms with Crippen molar-refractivity contribution in [2.45, 2.75) is 50.7 Å². The number of methoxy groups -OCH3 is 1. The van der Waals surface area contributed by atoms with Crippen LogP contribution in [0.5, 0.6) is 5.75 Å². The largest absolute Gasteiger partial charge is 0.497 e. The number of benzene rings is 1. The molecule has 1 aromatic carbocycles. The van der Waals surface area contributed by atoms with E-state index in [9.17, 15) is 0 Å². The molecule has 1 aliphatic heterocycles. The molecule has 0 radical (unpaired) electrons. The first-order chi connectivity index (χ1) is 9.81. The van der Waals surface area contributed by atoms with E-state index in [0.29, 0.717) is 12.1 Å². The van der Waals surface area contributed by atoms with Crippen LogP contribution >= 0.6 is 0 Å². The van der Waals surface area contributed by atoms with Gasteiger partial charge in [0.05, 0.1) is 13.2 Å². The smallest absolute Gasteiger partial charge is 0.119 e. The fourth-order valence-electron chi connectivity index (χ4n) is 2.90. The predicted molar refractivity (Wildman–Crippen MR) is 82.4 cm³/mol. The zero-order valence-electron chi connectivity index (χ0n) is 12.7. The van der Waals surface area contributed by atoms with E-state index in [1.807, 2.05) is 6.07 Å². The normalized spacial score (nSPS) is 20.0. The van der Waals surface area contributed by atoms with Gasteiger partial charge in [-0.25, -0.2) is 0 Å². The zero-order valence-corrected chi connectivity index (χ0v) is 12.7. The van der Waals surface area contributed by atoms with Crippen LogP contribution in [0.25, 0.3) is 0 Å². The quantitative estimate of drug-likeness (QED) is 0.791. The van der Waals surface area contributed by atoms with Gasteiger partial charge < -0.3 is 14.8 Å². The van der Waals surface area contributed by atoms with Crippen molar-refractivity contribution < 1.29 is 9.47 Å². The van der Waals surface area contributed by atoms with Gasteiger partial charge in [-0.1, -0.05) is 12.1 Å². The Balaban J connectivity index is 1.75. The number of ether oxygens (including phenoxy) is 2. The summed E-state index contributed by atoms with van der Waals surface area (Å²) in [6.45, 7) is 0.962. The average Bonchev–Trinajstić information content (AvgIpc) is 2.99. The number of rotatable bonds is 8. The summed E-state index contributed by atoms with van der Waals surface area (Å²) in [5, 5.41) is 3.43. The van der Waals surface area contributed by atoms with Gasteiger partial charge in [-0.2, -0.15) is 0 Å². The molecule has 0 spiro atoms. The summed E-state index contributed by atoms with van der Waals surface area (Å²) < 4.78 is 11.0. The van der Waals surface area contributed by atoms with Crippen molar-refractivity contribution in [1.82, 2.24) is 5.32 Å². The fourth-order valence-corrected chi connectivity index (χ4v) is 2.90. The molecule has 2 unspecified atom stereocenters. The summed E-state index contributed by atoms with van der Waals surface area (Å²) in [6.07, 6.45) is 7.71. The molecule has 20 heavy (non-hydrogen) atoms. The summed E-state index contributed by atoms with van der Waals surface area (Å²) in [5.41, 5.74) is 1.33. The Bertz CT molecular complexity index is 388. The molecule has 0 aliphatic carbocycles. The SMILES string of the molecule is CNC(CCCC1CCCO1)Cc1cccc(OC)c1. The van der Waals surface area contributed by atoms with Gasteiger partial charge in [-0.3, -0.25) is 0 Å².